The number of carbonyl (C=O) groups is 3. The minimum absolute atomic E-state index is 0.0792. The zero-order valence-electron chi connectivity index (χ0n) is 30.2. The van der Waals surface area contributed by atoms with Crippen LogP contribution in [0, 0.1) is 11.3 Å². The third-order valence-electron chi connectivity index (χ3n) is 8.74. The normalized spacial score (nSPS) is 10.8. The summed E-state index contributed by atoms with van der Waals surface area (Å²) < 4.78 is 11.1. The highest BCUT2D eigenvalue weighted by Crippen LogP contribution is 2.33. The Morgan fingerprint density at radius 2 is 1.24 bits per heavy atom. The van der Waals surface area contributed by atoms with Gasteiger partial charge in [0.25, 0.3) is 5.91 Å². The molecule has 9 heteroatoms. The molecule has 0 saturated carbocycles. The van der Waals surface area contributed by atoms with Gasteiger partial charge in [-0.1, -0.05) is 105 Å². The fourth-order valence-corrected chi connectivity index (χ4v) is 5.86. The van der Waals surface area contributed by atoms with Crippen LogP contribution in [0.3, 0.4) is 0 Å². The second-order valence-corrected chi connectivity index (χ2v) is 13.3. The van der Waals surface area contributed by atoms with Crippen molar-refractivity contribution in [1.29, 1.82) is 5.41 Å². The summed E-state index contributed by atoms with van der Waals surface area (Å²) in [6, 6.07) is 43.3. The number of hydrogen-bond acceptors (Lipinski definition) is 7. The van der Waals surface area contributed by atoms with Gasteiger partial charge in [0.2, 0.25) is 0 Å². The van der Waals surface area contributed by atoms with Crippen LogP contribution in [0.4, 0.5) is 10.5 Å². The molecule has 0 aliphatic heterocycles. The summed E-state index contributed by atoms with van der Waals surface area (Å²) in [6.45, 7) is 5.15. The van der Waals surface area contributed by atoms with Gasteiger partial charge in [0.1, 0.15) is 19.0 Å². The SMILES string of the molecule is CC(C)CNC(=O)c1ccc(-c2cc3ccccc3cc2CNc2ccc(C(=N)NC(=O)OCc3ccccc3)cc2)c(C(=O)OCc2ccccc2)c1. The lowest BCUT2D eigenvalue weighted by Gasteiger charge is -2.18. The first-order valence-electron chi connectivity index (χ1n) is 17.8. The van der Waals surface area contributed by atoms with Crippen LogP contribution in [0.25, 0.3) is 21.9 Å². The largest absolute Gasteiger partial charge is 0.457 e. The molecular formula is C45H42N4O5. The first-order chi connectivity index (χ1) is 26.2. The summed E-state index contributed by atoms with van der Waals surface area (Å²) in [6.07, 6.45) is -0.706. The number of ether oxygens (including phenoxy) is 2. The first-order valence-corrected chi connectivity index (χ1v) is 17.8. The summed E-state index contributed by atoms with van der Waals surface area (Å²) in [5, 5.41) is 19.3. The number of amides is 2. The number of carbonyl (C=O) groups excluding carboxylic acids is 3. The molecule has 0 aliphatic carbocycles. The Bertz CT molecular complexity index is 2250. The van der Waals surface area contributed by atoms with Crippen LogP contribution in [-0.4, -0.2) is 30.4 Å². The maximum atomic E-state index is 13.8. The minimum Gasteiger partial charge on any atom is -0.457 e. The fraction of sp³-hybridized carbons (Fsp3) is 0.156. The van der Waals surface area contributed by atoms with Crippen LogP contribution in [0.2, 0.25) is 0 Å². The number of benzene rings is 6. The average molecular weight is 719 g/mol. The van der Waals surface area contributed by atoms with Gasteiger partial charge in [-0.2, -0.15) is 0 Å². The van der Waals surface area contributed by atoms with Crippen LogP contribution in [0.1, 0.15) is 56.8 Å². The zero-order chi connectivity index (χ0) is 37.9. The predicted molar refractivity (Wildman–Crippen MR) is 212 cm³/mol. The zero-order valence-corrected chi connectivity index (χ0v) is 30.2. The van der Waals surface area contributed by atoms with E-state index in [2.05, 4.69) is 28.1 Å². The van der Waals surface area contributed by atoms with Crippen LogP contribution < -0.4 is 16.0 Å². The lowest BCUT2D eigenvalue weighted by atomic mass is 9.91. The van der Waals surface area contributed by atoms with Gasteiger partial charge in [0.05, 0.1) is 5.56 Å². The van der Waals surface area contributed by atoms with Gasteiger partial charge in [0, 0.05) is 29.9 Å². The van der Waals surface area contributed by atoms with E-state index in [-0.39, 0.29) is 36.4 Å². The lowest BCUT2D eigenvalue weighted by Crippen LogP contribution is -2.30. The maximum Gasteiger partial charge on any atom is 0.413 e. The van der Waals surface area contributed by atoms with E-state index in [1.165, 1.54) is 0 Å². The van der Waals surface area contributed by atoms with Crippen molar-refractivity contribution in [3.63, 3.8) is 0 Å². The molecule has 0 unspecified atom stereocenters. The van der Waals surface area contributed by atoms with E-state index in [9.17, 15) is 14.4 Å². The van der Waals surface area contributed by atoms with Crippen LogP contribution >= 0.6 is 0 Å². The number of fused-ring (bicyclic) bond motifs is 1. The Morgan fingerprint density at radius 3 is 1.89 bits per heavy atom. The first kappa shape index (κ1) is 37.0. The van der Waals surface area contributed by atoms with Gasteiger partial charge in [-0.15, -0.1) is 0 Å². The molecule has 0 heterocycles. The minimum atomic E-state index is -0.706. The standard InChI is InChI=1S/C45H42N4O5/c1-30(2)26-48-43(50)36-19-22-39(41(25-36)44(51)53-28-31-11-5-3-6-12-31)40-24-35-16-10-9-15-34(35)23-37(40)27-47-38-20-17-33(18-21-38)42(46)49-45(52)54-29-32-13-7-4-8-14-32/h3-25,30,47H,26-29H2,1-2H3,(H,48,50)(H2,46,49,52). The molecule has 272 valence electrons. The lowest BCUT2D eigenvalue weighted by molar-refractivity contribution is 0.0473. The van der Waals surface area contributed by atoms with Gasteiger partial charge in [0.15, 0.2) is 0 Å². The predicted octanol–water partition coefficient (Wildman–Crippen LogP) is 9.11. The highest BCUT2D eigenvalue weighted by molar-refractivity contribution is 6.05. The molecule has 54 heavy (non-hydrogen) atoms. The number of amidine groups is 1. The van der Waals surface area contributed by atoms with Crippen molar-refractivity contribution < 1.29 is 23.9 Å². The number of anilines is 1. The van der Waals surface area contributed by atoms with Crippen molar-refractivity contribution in [2.24, 2.45) is 5.92 Å². The van der Waals surface area contributed by atoms with E-state index in [4.69, 9.17) is 14.9 Å². The van der Waals surface area contributed by atoms with Gasteiger partial charge in [-0.3, -0.25) is 15.5 Å². The van der Waals surface area contributed by atoms with Gasteiger partial charge in [-0.05, 0) is 93.0 Å². The van der Waals surface area contributed by atoms with Gasteiger partial charge < -0.3 is 20.1 Å². The Balaban J connectivity index is 1.24. The summed E-state index contributed by atoms with van der Waals surface area (Å²) in [5.74, 6) is -0.604. The highest BCUT2D eigenvalue weighted by atomic mass is 16.5. The second-order valence-electron chi connectivity index (χ2n) is 13.3. The number of alkyl carbamates (subject to hydrolysis) is 1. The molecule has 2 amide bonds. The number of hydrogen-bond donors (Lipinski definition) is 4. The molecule has 0 saturated heterocycles. The van der Waals surface area contributed by atoms with Gasteiger partial charge >= 0.3 is 12.1 Å². The molecule has 0 aliphatic rings. The maximum absolute atomic E-state index is 13.8. The molecule has 6 aromatic rings. The third kappa shape index (κ3) is 9.77. The summed E-state index contributed by atoms with van der Waals surface area (Å²) in [4.78, 5) is 39.3. The van der Waals surface area contributed by atoms with E-state index in [1.54, 1.807) is 24.3 Å². The molecule has 0 spiro atoms. The number of nitrogens with one attached hydrogen (secondary N) is 4. The van der Waals surface area contributed by atoms with Crippen molar-refractivity contribution in [2.75, 3.05) is 11.9 Å². The van der Waals surface area contributed by atoms with Crippen molar-refractivity contribution in [2.45, 2.75) is 33.6 Å². The van der Waals surface area contributed by atoms with Crippen LogP contribution in [0.15, 0.2) is 140 Å². The number of rotatable bonds is 13. The Kier molecular flexibility index (Phi) is 12.1. The van der Waals surface area contributed by atoms with Crippen molar-refractivity contribution >= 4 is 40.3 Å². The van der Waals surface area contributed by atoms with Gasteiger partial charge in [-0.25, -0.2) is 9.59 Å². The molecular weight excluding hydrogens is 677 g/mol. The van der Waals surface area contributed by atoms with E-state index in [1.807, 2.05) is 117 Å². The van der Waals surface area contributed by atoms with E-state index < -0.39 is 12.1 Å². The molecule has 0 radical (unpaired) electrons. The molecule has 4 N–H and O–H groups in total. The molecule has 0 atom stereocenters. The molecule has 6 aromatic carbocycles. The molecule has 0 fully saturated rings. The summed E-state index contributed by atoms with van der Waals surface area (Å²) in [7, 11) is 0. The highest BCUT2D eigenvalue weighted by Gasteiger charge is 2.21. The van der Waals surface area contributed by atoms with E-state index in [0.29, 0.717) is 29.8 Å². The van der Waals surface area contributed by atoms with Crippen molar-refractivity contribution in [1.82, 2.24) is 10.6 Å². The fourth-order valence-electron chi connectivity index (χ4n) is 5.86. The summed E-state index contributed by atoms with van der Waals surface area (Å²) >= 11 is 0. The molecule has 6 rings (SSSR count). The van der Waals surface area contributed by atoms with Crippen LogP contribution in [-0.2, 0) is 29.2 Å². The van der Waals surface area contributed by atoms with Crippen LogP contribution in [0.5, 0.6) is 0 Å². The molecule has 9 nitrogen and oxygen atoms in total. The second kappa shape index (κ2) is 17.7. The van der Waals surface area contributed by atoms with Crippen molar-refractivity contribution in [3.8, 4) is 11.1 Å². The molecule has 0 bridgehead atoms. The Hall–Kier alpha value is -6.74. The van der Waals surface area contributed by atoms with E-state index in [0.717, 1.165) is 38.7 Å². The van der Waals surface area contributed by atoms with Crippen molar-refractivity contribution in [3.05, 3.63) is 173 Å². The quantitative estimate of drug-likeness (QED) is 0.0536. The average Bonchev–Trinajstić information content (AvgIpc) is 3.20. The van der Waals surface area contributed by atoms with E-state index >= 15 is 0 Å². The number of esters is 1. The monoisotopic (exact) mass is 718 g/mol. The smallest absolute Gasteiger partial charge is 0.413 e. The Morgan fingerprint density at radius 1 is 0.648 bits per heavy atom. The molecule has 0 aromatic heterocycles. The third-order valence-corrected chi connectivity index (χ3v) is 8.74. The Labute approximate surface area is 314 Å². The topological polar surface area (TPSA) is 130 Å². The summed E-state index contributed by atoms with van der Waals surface area (Å²) in [5.41, 5.74) is 6.05.